The maximum atomic E-state index is 5.67. The third-order valence-electron chi connectivity index (χ3n) is 3.58. The van der Waals surface area contributed by atoms with Gasteiger partial charge in [-0.15, -0.1) is 0 Å². The number of rotatable bonds is 6. The van der Waals surface area contributed by atoms with Crippen LogP contribution in [0.3, 0.4) is 0 Å². The van der Waals surface area contributed by atoms with E-state index >= 15 is 0 Å². The molecule has 0 bridgehead atoms. The molecule has 2 aliphatic rings. The molecule has 1 aliphatic heterocycles. The molecule has 2 fully saturated rings. The zero-order valence-electron chi connectivity index (χ0n) is 9.30. The van der Waals surface area contributed by atoms with Gasteiger partial charge in [-0.2, -0.15) is 0 Å². The van der Waals surface area contributed by atoms with E-state index in [0.717, 1.165) is 18.4 Å². The summed E-state index contributed by atoms with van der Waals surface area (Å²) >= 11 is 0. The van der Waals surface area contributed by atoms with E-state index in [1.807, 2.05) is 0 Å². The predicted molar refractivity (Wildman–Crippen MR) is 58.3 cm³/mol. The second kappa shape index (κ2) is 5.13. The first-order valence-corrected chi connectivity index (χ1v) is 6.22. The first-order chi connectivity index (χ1) is 6.90. The highest BCUT2D eigenvalue weighted by atomic mass is 16.5. The summed E-state index contributed by atoms with van der Waals surface area (Å²) in [6.07, 6.45) is 7.31. The first kappa shape index (κ1) is 10.4. The van der Waals surface area contributed by atoms with Crippen molar-refractivity contribution in [2.75, 3.05) is 19.7 Å². The van der Waals surface area contributed by atoms with Crippen molar-refractivity contribution in [2.24, 2.45) is 11.8 Å². The molecule has 14 heavy (non-hydrogen) atoms. The standard InChI is InChI=1S/C12H23NO/c1-2-12-11(6-8-14-12)9-13-7-5-10-3-4-10/h10-13H,2-9H2,1H3. The minimum absolute atomic E-state index is 0.531. The smallest absolute Gasteiger partial charge is 0.0613 e. The summed E-state index contributed by atoms with van der Waals surface area (Å²) in [5, 5.41) is 3.58. The van der Waals surface area contributed by atoms with Crippen molar-refractivity contribution >= 4 is 0 Å². The lowest BCUT2D eigenvalue weighted by atomic mass is 10.00. The van der Waals surface area contributed by atoms with Gasteiger partial charge in [0.05, 0.1) is 6.10 Å². The third kappa shape index (κ3) is 2.96. The first-order valence-electron chi connectivity index (χ1n) is 6.22. The number of hydrogen-bond donors (Lipinski definition) is 1. The van der Waals surface area contributed by atoms with Crippen molar-refractivity contribution in [1.82, 2.24) is 5.32 Å². The third-order valence-corrected chi connectivity index (χ3v) is 3.58. The maximum absolute atomic E-state index is 5.67. The van der Waals surface area contributed by atoms with Crippen LogP contribution in [0.15, 0.2) is 0 Å². The Hall–Kier alpha value is -0.0800. The monoisotopic (exact) mass is 197 g/mol. The molecular weight excluding hydrogens is 174 g/mol. The highest BCUT2D eigenvalue weighted by Crippen LogP contribution is 2.31. The van der Waals surface area contributed by atoms with E-state index in [-0.39, 0.29) is 0 Å². The summed E-state index contributed by atoms with van der Waals surface area (Å²) < 4.78 is 5.67. The van der Waals surface area contributed by atoms with E-state index in [1.54, 1.807) is 0 Å². The lowest BCUT2D eigenvalue weighted by Gasteiger charge is -2.17. The summed E-state index contributed by atoms with van der Waals surface area (Å²) in [7, 11) is 0. The lowest BCUT2D eigenvalue weighted by Crippen LogP contribution is -2.29. The molecule has 1 heterocycles. The second-order valence-corrected chi connectivity index (χ2v) is 4.80. The van der Waals surface area contributed by atoms with Crippen LogP contribution in [0.1, 0.15) is 39.0 Å². The van der Waals surface area contributed by atoms with E-state index in [0.29, 0.717) is 6.10 Å². The molecule has 0 spiro atoms. The summed E-state index contributed by atoms with van der Waals surface area (Å²) in [5.74, 6) is 1.84. The van der Waals surface area contributed by atoms with E-state index < -0.39 is 0 Å². The Morgan fingerprint density at radius 1 is 1.29 bits per heavy atom. The highest BCUT2D eigenvalue weighted by Gasteiger charge is 2.26. The molecule has 0 aromatic heterocycles. The fourth-order valence-electron chi connectivity index (χ4n) is 2.38. The van der Waals surface area contributed by atoms with Gasteiger partial charge in [0, 0.05) is 13.2 Å². The summed E-state index contributed by atoms with van der Waals surface area (Å²) in [4.78, 5) is 0. The molecule has 0 aromatic rings. The summed E-state index contributed by atoms with van der Waals surface area (Å²) in [6, 6.07) is 0. The van der Waals surface area contributed by atoms with Crippen LogP contribution in [0.4, 0.5) is 0 Å². The Morgan fingerprint density at radius 2 is 2.14 bits per heavy atom. The van der Waals surface area contributed by atoms with Crippen molar-refractivity contribution < 1.29 is 4.74 Å². The Labute approximate surface area is 87.4 Å². The number of ether oxygens (including phenoxy) is 1. The fraction of sp³-hybridized carbons (Fsp3) is 1.00. The van der Waals surface area contributed by atoms with Crippen LogP contribution in [-0.4, -0.2) is 25.8 Å². The quantitative estimate of drug-likeness (QED) is 0.659. The zero-order chi connectivity index (χ0) is 9.80. The van der Waals surface area contributed by atoms with E-state index in [4.69, 9.17) is 4.74 Å². The van der Waals surface area contributed by atoms with Crippen molar-refractivity contribution in [2.45, 2.75) is 45.1 Å². The Bertz CT molecular complexity index is 168. The molecule has 2 rings (SSSR count). The largest absolute Gasteiger partial charge is 0.378 e. The minimum atomic E-state index is 0.531. The summed E-state index contributed by atoms with van der Waals surface area (Å²) in [5.41, 5.74) is 0. The van der Waals surface area contributed by atoms with Crippen LogP contribution >= 0.6 is 0 Å². The van der Waals surface area contributed by atoms with Crippen molar-refractivity contribution in [3.63, 3.8) is 0 Å². The van der Waals surface area contributed by atoms with E-state index in [9.17, 15) is 0 Å². The Kier molecular flexibility index (Phi) is 3.82. The molecule has 2 heteroatoms. The van der Waals surface area contributed by atoms with Crippen molar-refractivity contribution in [1.29, 1.82) is 0 Å². The molecule has 1 saturated carbocycles. The Balaban J connectivity index is 1.54. The zero-order valence-corrected chi connectivity index (χ0v) is 9.30. The lowest BCUT2D eigenvalue weighted by molar-refractivity contribution is 0.0873. The Morgan fingerprint density at radius 3 is 2.86 bits per heavy atom. The van der Waals surface area contributed by atoms with Crippen molar-refractivity contribution in [3.8, 4) is 0 Å². The maximum Gasteiger partial charge on any atom is 0.0613 e. The molecule has 0 radical (unpaired) electrons. The van der Waals surface area contributed by atoms with Crippen LogP contribution in [0.2, 0.25) is 0 Å². The average Bonchev–Trinajstić information content (AvgIpc) is 2.91. The SMILES string of the molecule is CCC1OCCC1CNCCC1CC1. The highest BCUT2D eigenvalue weighted by molar-refractivity contribution is 4.78. The van der Waals surface area contributed by atoms with Gasteiger partial charge >= 0.3 is 0 Å². The molecule has 82 valence electrons. The average molecular weight is 197 g/mol. The van der Waals surface area contributed by atoms with Gasteiger partial charge < -0.3 is 10.1 Å². The van der Waals surface area contributed by atoms with Gasteiger partial charge in [-0.05, 0) is 37.6 Å². The number of nitrogens with one attached hydrogen (secondary N) is 1. The molecule has 2 unspecified atom stereocenters. The second-order valence-electron chi connectivity index (χ2n) is 4.80. The molecule has 0 aromatic carbocycles. The molecule has 1 N–H and O–H groups in total. The molecule has 2 atom stereocenters. The van der Waals surface area contributed by atoms with E-state index in [2.05, 4.69) is 12.2 Å². The van der Waals surface area contributed by atoms with E-state index in [1.165, 1.54) is 45.2 Å². The predicted octanol–water partition coefficient (Wildman–Crippen LogP) is 2.19. The topological polar surface area (TPSA) is 21.3 Å². The molecule has 1 aliphatic carbocycles. The van der Waals surface area contributed by atoms with Gasteiger partial charge in [-0.3, -0.25) is 0 Å². The molecule has 1 saturated heterocycles. The van der Waals surface area contributed by atoms with Crippen LogP contribution in [0, 0.1) is 11.8 Å². The van der Waals surface area contributed by atoms with Crippen molar-refractivity contribution in [3.05, 3.63) is 0 Å². The van der Waals surface area contributed by atoms with Crippen LogP contribution in [0.5, 0.6) is 0 Å². The van der Waals surface area contributed by atoms with Gasteiger partial charge in [0.15, 0.2) is 0 Å². The van der Waals surface area contributed by atoms with Crippen LogP contribution < -0.4 is 5.32 Å². The molecular formula is C12H23NO. The van der Waals surface area contributed by atoms with Gasteiger partial charge in [0.25, 0.3) is 0 Å². The molecule has 2 nitrogen and oxygen atoms in total. The molecule has 0 amide bonds. The van der Waals surface area contributed by atoms with Gasteiger partial charge in [0.2, 0.25) is 0 Å². The number of hydrogen-bond acceptors (Lipinski definition) is 2. The van der Waals surface area contributed by atoms with Crippen LogP contribution in [0.25, 0.3) is 0 Å². The summed E-state index contributed by atoms with van der Waals surface area (Å²) in [6.45, 7) is 5.60. The van der Waals surface area contributed by atoms with Gasteiger partial charge in [0.1, 0.15) is 0 Å². The normalized spacial score (nSPS) is 32.4. The fourth-order valence-corrected chi connectivity index (χ4v) is 2.38. The minimum Gasteiger partial charge on any atom is -0.378 e. The van der Waals surface area contributed by atoms with Gasteiger partial charge in [-0.25, -0.2) is 0 Å². The van der Waals surface area contributed by atoms with Gasteiger partial charge in [-0.1, -0.05) is 19.8 Å². The van der Waals surface area contributed by atoms with Crippen LogP contribution in [-0.2, 0) is 4.74 Å².